The van der Waals surface area contributed by atoms with Gasteiger partial charge in [0.05, 0.1) is 6.61 Å². The van der Waals surface area contributed by atoms with Crippen LogP contribution in [0.2, 0.25) is 0 Å². The van der Waals surface area contributed by atoms with Crippen molar-refractivity contribution in [1.82, 2.24) is 0 Å². The Morgan fingerprint density at radius 3 is 2.70 bits per heavy atom. The summed E-state index contributed by atoms with van der Waals surface area (Å²) in [5.74, 6) is 0.345. The molecule has 0 unspecified atom stereocenters. The minimum absolute atomic E-state index is 0.117. The number of carbonyl (C=O) groups is 1. The van der Waals surface area contributed by atoms with Crippen LogP contribution in [0.15, 0.2) is 0 Å². The number of hydrogen-bond donors (Lipinski definition) is 2. The molecule has 1 amide bonds. The average Bonchev–Trinajstić information content (AvgIpc) is 2.63. The van der Waals surface area contributed by atoms with Crippen molar-refractivity contribution >= 4 is 6.09 Å². The van der Waals surface area contributed by atoms with Crippen molar-refractivity contribution < 1.29 is 14.6 Å². The van der Waals surface area contributed by atoms with Crippen LogP contribution in [-0.4, -0.2) is 23.9 Å². The lowest BCUT2D eigenvalue weighted by Gasteiger charge is -2.11. The third-order valence-electron chi connectivity index (χ3n) is 1.60. The Morgan fingerprint density at radius 2 is 2.40 bits per heavy atom. The largest absolute Gasteiger partial charge is 0.444 e. The van der Waals surface area contributed by atoms with Gasteiger partial charge in [0.25, 0.3) is 0 Å². The van der Waals surface area contributed by atoms with Gasteiger partial charge in [0.1, 0.15) is 6.10 Å². The van der Waals surface area contributed by atoms with E-state index < -0.39 is 6.09 Å². The average molecular weight is 145 g/mol. The predicted octanol–water partition coefficient (Wildman–Crippen LogP) is -0.147. The zero-order valence-electron chi connectivity index (χ0n) is 5.62. The fraction of sp³-hybridized carbons (Fsp3) is 0.833. The summed E-state index contributed by atoms with van der Waals surface area (Å²) in [5, 5.41) is 8.65. The Morgan fingerprint density at radius 1 is 1.80 bits per heavy atom. The van der Waals surface area contributed by atoms with Gasteiger partial charge in [-0.3, -0.25) is 0 Å². The third-order valence-corrected chi connectivity index (χ3v) is 1.60. The van der Waals surface area contributed by atoms with Gasteiger partial charge in [-0.15, -0.1) is 0 Å². The van der Waals surface area contributed by atoms with Crippen LogP contribution in [0.1, 0.15) is 12.8 Å². The lowest BCUT2D eigenvalue weighted by Crippen LogP contribution is -2.27. The van der Waals surface area contributed by atoms with E-state index in [0.717, 1.165) is 12.8 Å². The lowest BCUT2D eigenvalue weighted by molar-refractivity contribution is 0.0507. The molecule has 1 atom stereocenters. The van der Waals surface area contributed by atoms with Crippen LogP contribution >= 0.6 is 0 Å². The second kappa shape index (κ2) is 2.88. The van der Waals surface area contributed by atoms with Crippen molar-refractivity contribution in [3.63, 3.8) is 0 Å². The van der Waals surface area contributed by atoms with Gasteiger partial charge in [-0.25, -0.2) is 4.79 Å². The summed E-state index contributed by atoms with van der Waals surface area (Å²) in [6.45, 7) is -0.117. The number of primary amides is 1. The van der Waals surface area contributed by atoms with E-state index in [1.807, 2.05) is 0 Å². The van der Waals surface area contributed by atoms with Crippen molar-refractivity contribution in [2.75, 3.05) is 6.61 Å². The Labute approximate surface area is 59.0 Å². The number of hydrogen-bond acceptors (Lipinski definition) is 3. The molecule has 4 nitrogen and oxygen atoms in total. The molecule has 1 rings (SSSR count). The molecule has 0 aromatic heterocycles. The zero-order valence-corrected chi connectivity index (χ0v) is 5.62. The predicted molar refractivity (Wildman–Crippen MR) is 34.3 cm³/mol. The van der Waals surface area contributed by atoms with Crippen molar-refractivity contribution in [3.8, 4) is 0 Å². The maximum absolute atomic E-state index is 10.2. The number of rotatable bonds is 3. The number of aliphatic hydroxyl groups excluding tert-OH is 1. The van der Waals surface area contributed by atoms with Crippen molar-refractivity contribution in [2.45, 2.75) is 18.9 Å². The SMILES string of the molecule is NC(=O)O[C@H](CO)C1CC1. The van der Waals surface area contributed by atoms with E-state index in [2.05, 4.69) is 4.74 Å². The Bertz CT molecular complexity index is 133. The highest BCUT2D eigenvalue weighted by molar-refractivity contribution is 5.64. The highest BCUT2D eigenvalue weighted by Crippen LogP contribution is 2.33. The van der Waals surface area contributed by atoms with E-state index in [0.29, 0.717) is 5.92 Å². The smallest absolute Gasteiger partial charge is 0.404 e. The third kappa shape index (κ3) is 1.88. The first-order chi connectivity index (χ1) is 4.74. The summed E-state index contributed by atoms with van der Waals surface area (Å²) >= 11 is 0. The van der Waals surface area contributed by atoms with Gasteiger partial charge in [-0.1, -0.05) is 0 Å². The summed E-state index contributed by atoms with van der Waals surface area (Å²) in [7, 11) is 0. The lowest BCUT2D eigenvalue weighted by atomic mass is 10.2. The molecule has 3 N–H and O–H groups in total. The first-order valence-electron chi connectivity index (χ1n) is 3.31. The van der Waals surface area contributed by atoms with Crippen LogP contribution in [0, 0.1) is 5.92 Å². The van der Waals surface area contributed by atoms with E-state index in [9.17, 15) is 4.79 Å². The molecule has 1 saturated carbocycles. The summed E-state index contributed by atoms with van der Waals surface area (Å²) in [4.78, 5) is 10.2. The Balaban J connectivity index is 2.25. The number of amides is 1. The molecule has 0 heterocycles. The second-order valence-electron chi connectivity index (χ2n) is 2.50. The number of carbonyl (C=O) groups excluding carboxylic acids is 1. The van der Waals surface area contributed by atoms with Crippen molar-refractivity contribution in [2.24, 2.45) is 11.7 Å². The van der Waals surface area contributed by atoms with Gasteiger partial charge in [0, 0.05) is 0 Å². The summed E-state index contributed by atoms with van der Waals surface area (Å²) in [5.41, 5.74) is 4.76. The fourth-order valence-corrected chi connectivity index (χ4v) is 0.900. The first-order valence-corrected chi connectivity index (χ1v) is 3.31. The monoisotopic (exact) mass is 145 g/mol. The first kappa shape index (κ1) is 7.34. The van der Waals surface area contributed by atoms with Crippen LogP contribution < -0.4 is 5.73 Å². The molecule has 0 aromatic carbocycles. The molecule has 0 bridgehead atoms. The van der Waals surface area contributed by atoms with Crippen LogP contribution in [0.25, 0.3) is 0 Å². The molecule has 0 aliphatic heterocycles. The molecule has 0 spiro atoms. The molecular weight excluding hydrogens is 134 g/mol. The van der Waals surface area contributed by atoms with Crippen LogP contribution in [0.4, 0.5) is 4.79 Å². The molecule has 58 valence electrons. The molecule has 0 aromatic rings. The van der Waals surface area contributed by atoms with Gasteiger partial charge >= 0.3 is 6.09 Å². The highest BCUT2D eigenvalue weighted by Gasteiger charge is 2.32. The molecule has 10 heavy (non-hydrogen) atoms. The van der Waals surface area contributed by atoms with Crippen molar-refractivity contribution in [1.29, 1.82) is 0 Å². The van der Waals surface area contributed by atoms with Gasteiger partial charge in [-0.2, -0.15) is 0 Å². The van der Waals surface area contributed by atoms with Crippen LogP contribution in [-0.2, 0) is 4.74 Å². The molecule has 1 aliphatic carbocycles. The number of nitrogens with two attached hydrogens (primary N) is 1. The van der Waals surface area contributed by atoms with E-state index in [-0.39, 0.29) is 12.7 Å². The maximum atomic E-state index is 10.2. The van der Waals surface area contributed by atoms with E-state index in [1.54, 1.807) is 0 Å². The van der Waals surface area contributed by atoms with Crippen LogP contribution in [0.5, 0.6) is 0 Å². The summed E-state index contributed by atoms with van der Waals surface area (Å²) in [6, 6.07) is 0. The standard InChI is InChI=1S/C6H11NO3/c7-6(9)10-5(3-8)4-1-2-4/h4-5,8H,1-3H2,(H2,7,9)/t5-/m1/s1. The quantitative estimate of drug-likeness (QED) is 0.580. The Hall–Kier alpha value is -0.770. The molecule has 1 aliphatic rings. The molecule has 0 saturated heterocycles. The number of aliphatic hydroxyl groups is 1. The topological polar surface area (TPSA) is 72.6 Å². The van der Waals surface area contributed by atoms with E-state index in [4.69, 9.17) is 10.8 Å². The van der Waals surface area contributed by atoms with Crippen molar-refractivity contribution in [3.05, 3.63) is 0 Å². The van der Waals surface area contributed by atoms with Gasteiger partial charge in [0.2, 0.25) is 0 Å². The minimum Gasteiger partial charge on any atom is -0.444 e. The second-order valence-corrected chi connectivity index (χ2v) is 2.50. The summed E-state index contributed by atoms with van der Waals surface area (Å²) < 4.78 is 4.61. The molecule has 1 fully saturated rings. The van der Waals surface area contributed by atoms with Gasteiger partial charge < -0.3 is 15.6 Å². The fourth-order valence-electron chi connectivity index (χ4n) is 0.900. The van der Waals surface area contributed by atoms with Gasteiger partial charge in [-0.05, 0) is 18.8 Å². The van der Waals surface area contributed by atoms with Crippen LogP contribution in [0.3, 0.4) is 0 Å². The normalized spacial score (nSPS) is 20.1. The van der Waals surface area contributed by atoms with Gasteiger partial charge in [0.15, 0.2) is 0 Å². The number of ether oxygens (including phenoxy) is 1. The van der Waals surface area contributed by atoms with E-state index in [1.165, 1.54) is 0 Å². The Kier molecular flexibility index (Phi) is 2.11. The van der Waals surface area contributed by atoms with E-state index >= 15 is 0 Å². The summed E-state index contributed by atoms with van der Waals surface area (Å²) in [6.07, 6.45) is 0.889. The molecular formula is C6H11NO3. The molecule has 0 radical (unpaired) electrons. The molecule has 4 heteroatoms. The zero-order chi connectivity index (χ0) is 7.56. The minimum atomic E-state index is -0.800. The maximum Gasteiger partial charge on any atom is 0.404 e. The highest BCUT2D eigenvalue weighted by atomic mass is 16.6.